The summed E-state index contributed by atoms with van der Waals surface area (Å²) in [6.45, 7) is 9.29. The third-order valence-corrected chi connectivity index (χ3v) is 5.63. The fraction of sp³-hybridized carbons (Fsp3) is 0.292. The number of carbonyl (C=O) groups is 3. The summed E-state index contributed by atoms with van der Waals surface area (Å²) in [7, 11) is 0. The molecule has 0 saturated carbocycles. The molecule has 1 atom stereocenters. The number of carbonyl (C=O) groups excluding carboxylic acids is 3. The largest absolute Gasteiger partial charge is 0.482 e. The van der Waals surface area contributed by atoms with Crippen molar-refractivity contribution in [2.45, 2.75) is 32.4 Å². The normalized spacial score (nSPS) is 17.8. The van der Waals surface area contributed by atoms with Gasteiger partial charge in [0.1, 0.15) is 11.3 Å². The lowest BCUT2D eigenvalue weighted by Crippen LogP contribution is -2.58. The zero-order chi connectivity index (χ0) is 22.3. The molecule has 0 bridgehead atoms. The Morgan fingerprint density at radius 2 is 1.97 bits per heavy atom. The van der Waals surface area contributed by atoms with Crippen molar-refractivity contribution in [1.82, 2.24) is 0 Å². The molecule has 1 unspecified atom stereocenters. The van der Waals surface area contributed by atoms with E-state index in [1.165, 1.54) is 0 Å². The molecule has 7 nitrogen and oxygen atoms in total. The maximum atomic E-state index is 13.5. The van der Waals surface area contributed by atoms with Gasteiger partial charge >= 0.3 is 0 Å². The zero-order valence-corrected chi connectivity index (χ0v) is 17.8. The van der Waals surface area contributed by atoms with Gasteiger partial charge in [0.05, 0.1) is 23.1 Å². The predicted molar refractivity (Wildman–Crippen MR) is 120 cm³/mol. The van der Waals surface area contributed by atoms with Crippen LogP contribution < -0.4 is 19.9 Å². The predicted octanol–water partition coefficient (Wildman–Crippen LogP) is 3.41. The first-order valence-corrected chi connectivity index (χ1v) is 10.2. The minimum Gasteiger partial charge on any atom is -0.482 e. The van der Waals surface area contributed by atoms with Gasteiger partial charge in [-0.25, -0.2) is 0 Å². The second kappa shape index (κ2) is 7.58. The molecule has 2 aromatic rings. The van der Waals surface area contributed by atoms with Gasteiger partial charge in [-0.1, -0.05) is 18.2 Å². The van der Waals surface area contributed by atoms with Gasteiger partial charge in [0, 0.05) is 12.1 Å². The molecule has 160 valence electrons. The van der Waals surface area contributed by atoms with Crippen LogP contribution in [-0.2, 0) is 9.59 Å². The van der Waals surface area contributed by atoms with Gasteiger partial charge in [-0.05, 0) is 51.1 Å². The molecule has 2 aliphatic rings. The molecule has 31 heavy (non-hydrogen) atoms. The van der Waals surface area contributed by atoms with Crippen LogP contribution in [-0.4, -0.2) is 42.3 Å². The highest BCUT2D eigenvalue weighted by Gasteiger charge is 2.42. The zero-order valence-electron chi connectivity index (χ0n) is 17.8. The smallest absolute Gasteiger partial charge is 0.265 e. The number of anilines is 3. The number of ether oxygens (including phenoxy) is 1. The minimum absolute atomic E-state index is 0.0499. The quantitative estimate of drug-likeness (QED) is 0.594. The number of nitrogens with zero attached hydrogens (tertiary/aromatic N) is 2. The van der Waals surface area contributed by atoms with Crippen molar-refractivity contribution in [2.24, 2.45) is 0 Å². The SMILES string of the molecule is C=CCN1C(=O)COc2ccc(C(=O)C(C)N3C(=O)C(C)(C)Nc4ccccc43)cc21. The van der Waals surface area contributed by atoms with E-state index in [9.17, 15) is 14.4 Å². The van der Waals surface area contributed by atoms with Crippen molar-refractivity contribution in [3.63, 3.8) is 0 Å². The summed E-state index contributed by atoms with van der Waals surface area (Å²) in [6.07, 6.45) is 1.63. The summed E-state index contributed by atoms with van der Waals surface area (Å²) in [5, 5.41) is 3.24. The van der Waals surface area contributed by atoms with E-state index in [0.717, 1.165) is 5.69 Å². The first-order valence-electron chi connectivity index (χ1n) is 10.2. The van der Waals surface area contributed by atoms with E-state index in [4.69, 9.17) is 4.74 Å². The number of benzene rings is 2. The average Bonchev–Trinajstić information content (AvgIpc) is 2.75. The number of para-hydroxylation sites is 2. The maximum absolute atomic E-state index is 13.5. The fourth-order valence-corrected chi connectivity index (χ4v) is 4.02. The third-order valence-electron chi connectivity index (χ3n) is 5.63. The molecule has 1 N–H and O–H groups in total. The van der Waals surface area contributed by atoms with E-state index in [-0.39, 0.29) is 24.2 Å². The number of Topliss-reactive ketones (excluding diaryl/α,β-unsaturated/α-hetero) is 1. The molecule has 7 heteroatoms. The summed E-state index contributed by atoms with van der Waals surface area (Å²) in [6, 6.07) is 11.7. The number of rotatable bonds is 5. The lowest BCUT2D eigenvalue weighted by Gasteiger charge is -2.42. The van der Waals surface area contributed by atoms with Crippen LogP contribution in [0.15, 0.2) is 55.1 Å². The molecule has 0 spiro atoms. The van der Waals surface area contributed by atoms with Gasteiger partial charge in [0.2, 0.25) is 0 Å². The molecule has 0 fully saturated rings. The Morgan fingerprint density at radius 3 is 2.71 bits per heavy atom. The van der Waals surface area contributed by atoms with Crippen molar-refractivity contribution >= 4 is 34.7 Å². The lowest BCUT2D eigenvalue weighted by atomic mass is 9.94. The van der Waals surface area contributed by atoms with Crippen LogP contribution >= 0.6 is 0 Å². The standard InChI is InChI=1S/C24H25N3O4/c1-5-12-26-19-13-16(10-11-20(19)31-14-21(26)28)22(29)15(2)27-18-9-7-6-8-17(18)25-24(3,4)23(27)30/h5-11,13,15,25H,1,12,14H2,2-4H3. The molecule has 0 saturated heterocycles. The second-order valence-electron chi connectivity index (χ2n) is 8.25. The van der Waals surface area contributed by atoms with Crippen LogP contribution in [0.1, 0.15) is 31.1 Å². The summed E-state index contributed by atoms with van der Waals surface area (Å²) in [5.41, 5.74) is 1.55. The first-order chi connectivity index (χ1) is 14.7. The van der Waals surface area contributed by atoms with Gasteiger partial charge in [0.25, 0.3) is 11.8 Å². The molecular weight excluding hydrogens is 394 g/mol. The second-order valence-corrected chi connectivity index (χ2v) is 8.25. The minimum atomic E-state index is -0.847. The van der Waals surface area contributed by atoms with Crippen molar-refractivity contribution in [3.8, 4) is 5.75 Å². The Balaban J connectivity index is 1.71. The highest BCUT2D eigenvalue weighted by Crippen LogP contribution is 2.38. The summed E-state index contributed by atoms with van der Waals surface area (Å²) >= 11 is 0. The highest BCUT2D eigenvalue weighted by molar-refractivity contribution is 6.14. The highest BCUT2D eigenvalue weighted by atomic mass is 16.5. The van der Waals surface area contributed by atoms with Gasteiger partial charge in [-0.15, -0.1) is 6.58 Å². The van der Waals surface area contributed by atoms with Gasteiger partial charge in [-0.2, -0.15) is 0 Å². The summed E-state index contributed by atoms with van der Waals surface area (Å²) < 4.78 is 5.51. The third kappa shape index (κ3) is 3.46. The molecule has 0 aliphatic carbocycles. The van der Waals surface area contributed by atoms with Gasteiger partial charge < -0.3 is 15.0 Å². The Kier molecular flexibility index (Phi) is 5.05. The van der Waals surface area contributed by atoms with E-state index in [1.54, 1.807) is 54.8 Å². The maximum Gasteiger partial charge on any atom is 0.265 e. The molecule has 2 aliphatic heterocycles. The molecule has 0 radical (unpaired) electrons. The molecule has 2 amide bonds. The number of amides is 2. The van der Waals surface area contributed by atoms with E-state index >= 15 is 0 Å². The van der Waals surface area contributed by atoms with Crippen molar-refractivity contribution < 1.29 is 19.1 Å². The monoisotopic (exact) mass is 419 g/mol. The Hall–Kier alpha value is -3.61. The van der Waals surface area contributed by atoms with Crippen LogP contribution in [0.4, 0.5) is 17.1 Å². The van der Waals surface area contributed by atoms with E-state index in [2.05, 4.69) is 11.9 Å². The van der Waals surface area contributed by atoms with Crippen LogP contribution in [0.2, 0.25) is 0 Å². The van der Waals surface area contributed by atoms with Crippen LogP contribution in [0, 0.1) is 0 Å². The topological polar surface area (TPSA) is 79.0 Å². The van der Waals surface area contributed by atoms with E-state index in [0.29, 0.717) is 29.2 Å². The van der Waals surface area contributed by atoms with Gasteiger partial charge in [0.15, 0.2) is 12.4 Å². The Labute approximate surface area is 181 Å². The van der Waals surface area contributed by atoms with Crippen LogP contribution in [0.25, 0.3) is 0 Å². The Morgan fingerprint density at radius 1 is 1.23 bits per heavy atom. The number of nitrogens with one attached hydrogen (secondary N) is 1. The number of fused-ring (bicyclic) bond motifs is 2. The molecule has 2 heterocycles. The lowest BCUT2D eigenvalue weighted by molar-refractivity contribution is -0.122. The summed E-state index contributed by atoms with van der Waals surface area (Å²) in [4.78, 5) is 42.1. The van der Waals surface area contributed by atoms with Gasteiger partial charge in [-0.3, -0.25) is 19.3 Å². The number of hydrogen-bond acceptors (Lipinski definition) is 5. The van der Waals surface area contributed by atoms with Crippen molar-refractivity contribution in [2.75, 3.05) is 28.3 Å². The van der Waals surface area contributed by atoms with E-state index < -0.39 is 11.6 Å². The molecule has 4 rings (SSSR count). The van der Waals surface area contributed by atoms with Crippen molar-refractivity contribution in [1.29, 1.82) is 0 Å². The number of hydrogen-bond donors (Lipinski definition) is 1. The average molecular weight is 419 g/mol. The number of ketones is 1. The van der Waals surface area contributed by atoms with Crippen molar-refractivity contribution in [3.05, 3.63) is 60.7 Å². The van der Waals surface area contributed by atoms with E-state index in [1.807, 2.05) is 24.3 Å². The first kappa shape index (κ1) is 20.7. The Bertz CT molecular complexity index is 1090. The molecular formula is C24H25N3O4. The summed E-state index contributed by atoms with van der Waals surface area (Å²) in [5.74, 6) is -0.0644. The van der Waals surface area contributed by atoms with Crippen LogP contribution in [0.5, 0.6) is 5.75 Å². The fourth-order valence-electron chi connectivity index (χ4n) is 4.02. The molecule has 0 aromatic heterocycles. The molecule has 2 aromatic carbocycles. The van der Waals surface area contributed by atoms with Crippen LogP contribution in [0.3, 0.4) is 0 Å².